The molecule has 0 aliphatic carbocycles. The minimum Gasteiger partial charge on any atom is -0.351 e. The summed E-state index contributed by atoms with van der Waals surface area (Å²) in [5.74, 6) is -0.237. The third-order valence-electron chi connectivity index (χ3n) is 6.06. The van der Waals surface area contributed by atoms with Crippen molar-refractivity contribution in [1.82, 2.24) is 10.2 Å². The molecule has 1 fully saturated rings. The summed E-state index contributed by atoms with van der Waals surface area (Å²) in [4.78, 5) is 18.1. The van der Waals surface area contributed by atoms with Crippen LogP contribution in [0.1, 0.15) is 30.9 Å². The SMILES string of the molecule is CSc1ccc(CNC(=O)C2=CC=C3C(OCCN3c3ccc(F)c(C(C)C)c3)N2C)cc1. The lowest BCUT2D eigenvalue weighted by Crippen LogP contribution is -2.51. The molecule has 0 bridgehead atoms. The number of ether oxygens (including phenoxy) is 1. The Bertz CT molecular complexity index is 1080. The normalized spacial score (nSPS) is 18.1. The summed E-state index contributed by atoms with van der Waals surface area (Å²) in [6.07, 6.45) is 5.42. The van der Waals surface area contributed by atoms with Crippen LogP contribution in [0.2, 0.25) is 0 Å². The predicted molar refractivity (Wildman–Crippen MR) is 132 cm³/mol. The number of thioether (sulfide) groups is 1. The number of hydrogen-bond donors (Lipinski definition) is 1. The standard InChI is InChI=1S/C26H30FN3O2S/c1-17(2)21-15-19(7-10-22(21)27)30-13-14-32-26-24(30)12-11-23(29(26)3)25(31)28-16-18-5-8-20(33-4)9-6-18/h5-12,15,17,26H,13-14,16H2,1-4H3,(H,28,31). The quantitative estimate of drug-likeness (QED) is 0.615. The predicted octanol–water partition coefficient (Wildman–Crippen LogP) is 4.86. The van der Waals surface area contributed by atoms with Crippen LogP contribution in [0.4, 0.5) is 10.1 Å². The molecule has 0 radical (unpaired) electrons. The third-order valence-corrected chi connectivity index (χ3v) is 6.80. The van der Waals surface area contributed by atoms with Gasteiger partial charge in [0.2, 0.25) is 0 Å². The number of benzene rings is 2. The van der Waals surface area contributed by atoms with Crippen LogP contribution in [0.5, 0.6) is 0 Å². The van der Waals surface area contributed by atoms with Crippen molar-refractivity contribution in [3.05, 3.63) is 83.0 Å². The Morgan fingerprint density at radius 2 is 1.97 bits per heavy atom. The molecule has 2 heterocycles. The highest BCUT2D eigenvalue weighted by atomic mass is 32.2. The zero-order chi connectivity index (χ0) is 23.5. The van der Waals surface area contributed by atoms with E-state index in [0.29, 0.717) is 31.0 Å². The van der Waals surface area contributed by atoms with E-state index in [1.54, 1.807) is 17.8 Å². The van der Waals surface area contributed by atoms with Crippen LogP contribution in [0.25, 0.3) is 0 Å². The van der Waals surface area contributed by atoms with Crippen LogP contribution < -0.4 is 10.2 Å². The molecule has 7 heteroatoms. The monoisotopic (exact) mass is 467 g/mol. The fraction of sp³-hybridized carbons (Fsp3) is 0.346. The molecule has 4 rings (SSSR count). The van der Waals surface area contributed by atoms with Gasteiger partial charge in [-0.2, -0.15) is 0 Å². The number of allylic oxidation sites excluding steroid dienone is 2. The van der Waals surface area contributed by atoms with Crippen LogP contribution in [0.3, 0.4) is 0 Å². The maximum Gasteiger partial charge on any atom is 0.267 e. The molecular formula is C26H30FN3O2S. The second-order valence-corrected chi connectivity index (χ2v) is 9.40. The summed E-state index contributed by atoms with van der Waals surface area (Å²) in [7, 11) is 1.87. The highest BCUT2D eigenvalue weighted by Gasteiger charge is 2.35. The first kappa shape index (κ1) is 23.4. The van der Waals surface area contributed by atoms with Gasteiger partial charge in [-0.3, -0.25) is 4.79 Å². The van der Waals surface area contributed by atoms with E-state index in [2.05, 4.69) is 22.3 Å². The molecule has 0 aromatic heterocycles. The Kier molecular flexibility index (Phi) is 7.10. The number of halogens is 1. The Labute approximate surface area is 199 Å². The van der Waals surface area contributed by atoms with Gasteiger partial charge in [-0.1, -0.05) is 26.0 Å². The van der Waals surface area contributed by atoms with E-state index in [9.17, 15) is 9.18 Å². The molecule has 1 atom stereocenters. The number of hydrogen-bond acceptors (Lipinski definition) is 5. The fourth-order valence-electron chi connectivity index (χ4n) is 4.17. The molecule has 174 valence electrons. The molecule has 2 aliphatic rings. The Morgan fingerprint density at radius 3 is 2.67 bits per heavy atom. The van der Waals surface area contributed by atoms with E-state index in [4.69, 9.17) is 4.74 Å². The van der Waals surface area contributed by atoms with E-state index in [1.165, 1.54) is 11.0 Å². The number of morpholine rings is 1. The third kappa shape index (κ3) is 4.94. The number of amides is 1. The number of rotatable bonds is 6. The number of carbonyl (C=O) groups excluding carboxylic acids is 1. The topological polar surface area (TPSA) is 44.8 Å². The number of nitrogens with one attached hydrogen (secondary N) is 1. The van der Waals surface area contributed by atoms with Gasteiger partial charge in [-0.25, -0.2) is 4.39 Å². The number of fused-ring (bicyclic) bond motifs is 1. The van der Waals surface area contributed by atoms with Gasteiger partial charge in [0, 0.05) is 30.7 Å². The summed E-state index contributed by atoms with van der Waals surface area (Å²) in [6.45, 7) is 5.62. The first-order valence-corrected chi connectivity index (χ1v) is 12.4. The van der Waals surface area contributed by atoms with Crippen LogP contribution in [0, 0.1) is 5.82 Å². The van der Waals surface area contributed by atoms with Crippen molar-refractivity contribution in [1.29, 1.82) is 0 Å². The summed E-state index contributed by atoms with van der Waals surface area (Å²) in [5.41, 5.74) is 4.17. The molecule has 0 spiro atoms. The highest BCUT2D eigenvalue weighted by Crippen LogP contribution is 2.33. The molecule has 1 unspecified atom stereocenters. The number of nitrogens with zero attached hydrogens (tertiary/aromatic N) is 2. The van der Waals surface area contributed by atoms with Crippen LogP contribution in [0.15, 0.2) is 70.9 Å². The van der Waals surface area contributed by atoms with E-state index in [1.807, 2.05) is 62.4 Å². The molecule has 1 amide bonds. The van der Waals surface area contributed by atoms with Gasteiger partial charge in [0.1, 0.15) is 11.5 Å². The lowest BCUT2D eigenvalue weighted by atomic mass is 10.0. The van der Waals surface area contributed by atoms with Gasteiger partial charge in [-0.05, 0) is 65.8 Å². The summed E-state index contributed by atoms with van der Waals surface area (Å²) in [6, 6.07) is 13.4. The first-order chi connectivity index (χ1) is 15.9. The zero-order valence-corrected chi connectivity index (χ0v) is 20.3. The lowest BCUT2D eigenvalue weighted by Gasteiger charge is -2.43. The minimum atomic E-state index is -0.377. The van der Waals surface area contributed by atoms with Crippen LogP contribution >= 0.6 is 11.8 Å². The Hall–Kier alpha value is -2.77. The van der Waals surface area contributed by atoms with Crippen molar-refractivity contribution in [2.75, 3.05) is 31.4 Å². The maximum atomic E-state index is 14.2. The molecule has 2 aliphatic heterocycles. The molecule has 2 aromatic rings. The average molecular weight is 468 g/mol. The second kappa shape index (κ2) is 10.0. The Morgan fingerprint density at radius 1 is 1.21 bits per heavy atom. The van der Waals surface area contributed by atoms with Crippen molar-refractivity contribution < 1.29 is 13.9 Å². The zero-order valence-electron chi connectivity index (χ0n) is 19.5. The number of anilines is 1. The van der Waals surface area contributed by atoms with E-state index < -0.39 is 0 Å². The van der Waals surface area contributed by atoms with Crippen LogP contribution in [-0.4, -0.2) is 43.5 Å². The van der Waals surface area contributed by atoms with Gasteiger partial charge in [0.25, 0.3) is 5.91 Å². The first-order valence-electron chi connectivity index (χ1n) is 11.1. The Balaban J connectivity index is 1.52. The molecule has 1 N–H and O–H groups in total. The van der Waals surface area contributed by atoms with Gasteiger partial charge < -0.3 is 19.9 Å². The van der Waals surface area contributed by atoms with E-state index >= 15 is 0 Å². The van der Waals surface area contributed by atoms with E-state index in [0.717, 1.165) is 16.9 Å². The minimum absolute atomic E-state index is 0.0944. The van der Waals surface area contributed by atoms with Gasteiger partial charge in [0.15, 0.2) is 6.23 Å². The molecule has 1 saturated heterocycles. The second-order valence-electron chi connectivity index (χ2n) is 8.52. The van der Waals surface area contributed by atoms with Crippen molar-refractivity contribution in [2.24, 2.45) is 0 Å². The molecule has 0 saturated carbocycles. The molecule has 2 aromatic carbocycles. The van der Waals surface area contributed by atoms with Gasteiger partial charge >= 0.3 is 0 Å². The maximum absolute atomic E-state index is 14.2. The van der Waals surface area contributed by atoms with Crippen molar-refractivity contribution in [3.8, 4) is 0 Å². The van der Waals surface area contributed by atoms with Crippen molar-refractivity contribution >= 4 is 23.4 Å². The molecular weight excluding hydrogens is 437 g/mol. The lowest BCUT2D eigenvalue weighted by molar-refractivity contribution is -0.121. The largest absolute Gasteiger partial charge is 0.351 e. The van der Waals surface area contributed by atoms with Gasteiger partial charge in [0.05, 0.1) is 12.3 Å². The molecule has 33 heavy (non-hydrogen) atoms. The average Bonchev–Trinajstić information content (AvgIpc) is 2.83. The summed E-state index contributed by atoms with van der Waals surface area (Å²) < 4.78 is 20.3. The van der Waals surface area contributed by atoms with Crippen molar-refractivity contribution in [3.63, 3.8) is 0 Å². The smallest absolute Gasteiger partial charge is 0.267 e. The number of likely N-dealkylation sites (N-methyl/N-ethyl adjacent to an activating group) is 1. The fourth-order valence-corrected chi connectivity index (χ4v) is 4.57. The summed E-state index contributed by atoms with van der Waals surface area (Å²) >= 11 is 1.69. The van der Waals surface area contributed by atoms with E-state index in [-0.39, 0.29) is 23.9 Å². The highest BCUT2D eigenvalue weighted by molar-refractivity contribution is 7.98. The van der Waals surface area contributed by atoms with Crippen molar-refractivity contribution in [2.45, 2.75) is 37.4 Å². The van der Waals surface area contributed by atoms with Gasteiger partial charge in [-0.15, -0.1) is 11.8 Å². The molecule has 5 nitrogen and oxygen atoms in total. The number of carbonyl (C=O) groups is 1. The summed E-state index contributed by atoms with van der Waals surface area (Å²) in [5, 5.41) is 3.01. The van der Waals surface area contributed by atoms with Crippen LogP contribution in [-0.2, 0) is 16.1 Å².